The standard InChI is InChI=1S/C24H24N8O/c1-30-15-25-12-22(30)32-14-19(11-27-32)23(33)31-7-6-21-18(13-31)10-26-24(29-21)28-20-8-16-4-2-3-5-17(16)9-20/h2-5,10-12,14-15,20H,6-9,13H2,1H3,(H,26,28,29). The number of carbonyl (C=O) groups excluding carboxylic acids is 1. The molecule has 0 radical (unpaired) electrons. The lowest BCUT2D eigenvalue weighted by Crippen LogP contribution is -2.36. The number of nitrogens with zero attached hydrogens (tertiary/aromatic N) is 7. The molecule has 9 nitrogen and oxygen atoms in total. The number of benzene rings is 1. The van der Waals surface area contributed by atoms with Gasteiger partial charge < -0.3 is 14.8 Å². The maximum atomic E-state index is 13.1. The Morgan fingerprint density at radius 2 is 1.91 bits per heavy atom. The summed E-state index contributed by atoms with van der Waals surface area (Å²) in [6, 6.07) is 8.88. The van der Waals surface area contributed by atoms with Gasteiger partial charge >= 0.3 is 0 Å². The van der Waals surface area contributed by atoms with E-state index in [0.29, 0.717) is 37.1 Å². The fourth-order valence-electron chi connectivity index (χ4n) is 4.71. The summed E-state index contributed by atoms with van der Waals surface area (Å²) in [5.41, 5.74) is 5.36. The molecular formula is C24H24N8O. The lowest BCUT2D eigenvalue weighted by Gasteiger charge is -2.28. The zero-order chi connectivity index (χ0) is 22.4. The molecule has 1 aliphatic heterocycles. The van der Waals surface area contributed by atoms with Gasteiger partial charge in [0.25, 0.3) is 5.91 Å². The van der Waals surface area contributed by atoms with E-state index in [-0.39, 0.29) is 5.91 Å². The molecule has 9 heteroatoms. The summed E-state index contributed by atoms with van der Waals surface area (Å²) in [7, 11) is 1.89. The third-order valence-electron chi connectivity index (χ3n) is 6.46. The molecule has 6 rings (SSSR count). The van der Waals surface area contributed by atoms with Gasteiger partial charge in [0.05, 0.1) is 30.0 Å². The van der Waals surface area contributed by atoms with E-state index in [1.165, 1.54) is 11.1 Å². The van der Waals surface area contributed by atoms with Crippen LogP contribution in [0.25, 0.3) is 5.82 Å². The average molecular weight is 441 g/mol. The van der Waals surface area contributed by atoms with E-state index in [1.54, 1.807) is 29.6 Å². The van der Waals surface area contributed by atoms with Crippen LogP contribution in [-0.4, -0.2) is 52.7 Å². The van der Waals surface area contributed by atoms with Gasteiger partial charge in [-0.2, -0.15) is 5.10 Å². The molecule has 0 saturated carbocycles. The Labute approximate surface area is 191 Å². The van der Waals surface area contributed by atoms with Crippen LogP contribution in [0.15, 0.2) is 55.4 Å². The summed E-state index contributed by atoms with van der Waals surface area (Å²) in [6.45, 7) is 1.12. The molecule has 166 valence electrons. The second kappa shape index (κ2) is 7.84. The number of carbonyl (C=O) groups is 1. The van der Waals surface area contributed by atoms with E-state index < -0.39 is 0 Å². The highest BCUT2D eigenvalue weighted by Gasteiger charge is 2.26. The maximum Gasteiger partial charge on any atom is 0.257 e. The number of amides is 1. The highest BCUT2D eigenvalue weighted by molar-refractivity contribution is 5.94. The van der Waals surface area contributed by atoms with Crippen molar-refractivity contribution in [2.24, 2.45) is 7.05 Å². The molecule has 1 amide bonds. The van der Waals surface area contributed by atoms with Crippen LogP contribution in [0, 0.1) is 0 Å². The van der Waals surface area contributed by atoms with Gasteiger partial charge in [0.2, 0.25) is 5.95 Å². The van der Waals surface area contributed by atoms with Crippen molar-refractivity contribution in [3.63, 3.8) is 0 Å². The zero-order valence-corrected chi connectivity index (χ0v) is 18.3. The number of fused-ring (bicyclic) bond motifs is 2. The second-order valence-corrected chi connectivity index (χ2v) is 8.70. The first-order valence-corrected chi connectivity index (χ1v) is 11.1. The van der Waals surface area contributed by atoms with Crippen molar-refractivity contribution in [2.75, 3.05) is 11.9 Å². The topological polar surface area (TPSA) is 93.8 Å². The Hall–Kier alpha value is -4.01. The molecule has 4 heterocycles. The van der Waals surface area contributed by atoms with Gasteiger partial charge in [0.1, 0.15) is 0 Å². The molecular weight excluding hydrogens is 416 g/mol. The Bertz CT molecular complexity index is 1310. The normalized spacial score (nSPS) is 15.4. The lowest BCUT2D eigenvalue weighted by molar-refractivity contribution is 0.0733. The fraction of sp³-hybridized carbons (Fsp3) is 0.292. The van der Waals surface area contributed by atoms with Crippen LogP contribution < -0.4 is 5.32 Å². The van der Waals surface area contributed by atoms with Gasteiger partial charge in [-0.05, 0) is 24.0 Å². The number of imidazole rings is 1. The van der Waals surface area contributed by atoms with Gasteiger partial charge in [0, 0.05) is 50.6 Å². The van der Waals surface area contributed by atoms with E-state index in [0.717, 1.165) is 29.9 Å². The van der Waals surface area contributed by atoms with Gasteiger partial charge in [0.15, 0.2) is 5.82 Å². The zero-order valence-electron chi connectivity index (χ0n) is 18.3. The lowest BCUT2D eigenvalue weighted by atomic mass is 10.1. The number of nitrogens with one attached hydrogen (secondary N) is 1. The summed E-state index contributed by atoms with van der Waals surface area (Å²) < 4.78 is 3.52. The number of hydrogen-bond acceptors (Lipinski definition) is 6. The maximum absolute atomic E-state index is 13.1. The van der Waals surface area contributed by atoms with Crippen molar-refractivity contribution < 1.29 is 4.79 Å². The molecule has 1 aromatic carbocycles. The molecule has 2 aliphatic rings. The Morgan fingerprint density at radius 1 is 1.09 bits per heavy atom. The van der Waals surface area contributed by atoms with Crippen molar-refractivity contribution in [1.82, 2.24) is 34.2 Å². The van der Waals surface area contributed by atoms with Gasteiger partial charge in [-0.15, -0.1) is 0 Å². The number of anilines is 1. The molecule has 0 fully saturated rings. The van der Waals surface area contributed by atoms with Crippen LogP contribution in [0.2, 0.25) is 0 Å². The minimum Gasteiger partial charge on any atom is -0.351 e. The molecule has 0 bridgehead atoms. The molecule has 0 atom stereocenters. The largest absolute Gasteiger partial charge is 0.351 e. The van der Waals surface area contributed by atoms with E-state index in [1.807, 2.05) is 22.7 Å². The summed E-state index contributed by atoms with van der Waals surface area (Å²) in [4.78, 5) is 28.3. The van der Waals surface area contributed by atoms with Crippen LogP contribution in [0.5, 0.6) is 0 Å². The number of aromatic nitrogens is 6. The number of aryl methyl sites for hydroxylation is 1. The van der Waals surface area contributed by atoms with Crippen molar-refractivity contribution in [2.45, 2.75) is 31.8 Å². The van der Waals surface area contributed by atoms with Gasteiger partial charge in [-0.3, -0.25) is 4.79 Å². The molecule has 1 aliphatic carbocycles. The van der Waals surface area contributed by atoms with Crippen molar-refractivity contribution in [3.8, 4) is 5.82 Å². The minimum absolute atomic E-state index is 0.0417. The quantitative estimate of drug-likeness (QED) is 0.523. The van der Waals surface area contributed by atoms with E-state index in [2.05, 4.69) is 44.6 Å². The predicted octanol–water partition coefficient (Wildman–Crippen LogP) is 2.17. The number of hydrogen-bond donors (Lipinski definition) is 1. The molecule has 1 N–H and O–H groups in total. The smallest absolute Gasteiger partial charge is 0.257 e. The van der Waals surface area contributed by atoms with Crippen molar-refractivity contribution >= 4 is 11.9 Å². The number of rotatable bonds is 4. The predicted molar refractivity (Wildman–Crippen MR) is 122 cm³/mol. The van der Waals surface area contributed by atoms with Crippen LogP contribution in [0.4, 0.5) is 5.95 Å². The van der Waals surface area contributed by atoms with Crippen molar-refractivity contribution in [3.05, 3.63) is 83.3 Å². The van der Waals surface area contributed by atoms with Crippen LogP contribution in [0.3, 0.4) is 0 Å². The average Bonchev–Trinajstić information content (AvgIpc) is 3.57. The molecule has 33 heavy (non-hydrogen) atoms. The second-order valence-electron chi connectivity index (χ2n) is 8.70. The van der Waals surface area contributed by atoms with Crippen LogP contribution >= 0.6 is 0 Å². The van der Waals surface area contributed by atoms with Crippen LogP contribution in [0.1, 0.15) is 32.7 Å². The summed E-state index contributed by atoms with van der Waals surface area (Å²) in [6.07, 6.45) is 11.3. The fourth-order valence-corrected chi connectivity index (χ4v) is 4.71. The SMILES string of the molecule is Cn1cncc1-n1cc(C(=O)N2CCc3nc(NC4Cc5ccccc5C4)ncc3C2)cn1. The summed E-state index contributed by atoms with van der Waals surface area (Å²) in [5.74, 6) is 1.43. The molecule has 0 spiro atoms. The summed E-state index contributed by atoms with van der Waals surface area (Å²) in [5, 5.41) is 7.83. The van der Waals surface area contributed by atoms with Gasteiger partial charge in [-0.25, -0.2) is 19.6 Å². The highest BCUT2D eigenvalue weighted by atomic mass is 16.2. The third-order valence-corrected chi connectivity index (χ3v) is 6.46. The van der Waals surface area contributed by atoms with Crippen molar-refractivity contribution in [1.29, 1.82) is 0 Å². The first-order chi connectivity index (χ1) is 16.1. The molecule has 0 unspecified atom stereocenters. The third kappa shape index (κ3) is 3.65. The molecule has 0 saturated heterocycles. The monoisotopic (exact) mass is 440 g/mol. The highest BCUT2D eigenvalue weighted by Crippen LogP contribution is 2.25. The summed E-state index contributed by atoms with van der Waals surface area (Å²) >= 11 is 0. The van der Waals surface area contributed by atoms with Gasteiger partial charge in [-0.1, -0.05) is 24.3 Å². The van der Waals surface area contributed by atoms with E-state index >= 15 is 0 Å². The first kappa shape index (κ1) is 19.7. The first-order valence-electron chi connectivity index (χ1n) is 11.1. The Morgan fingerprint density at radius 3 is 2.67 bits per heavy atom. The Kier molecular flexibility index (Phi) is 4.67. The molecule has 3 aromatic heterocycles. The van der Waals surface area contributed by atoms with Crippen LogP contribution in [-0.2, 0) is 32.9 Å². The minimum atomic E-state index is -0.0417. The molecule has 4 aromatic rings. The van der Waals surface area contributed by atoms with E-state index in [4.69, 9.17) is 4.98 Å². The Balaban J connectivity index is 1.13. The van der Waals surface area contributed by atoms with E-state index in [9.17, 15) is 4.79 Å².